The van der Waals surface area contributed by atoms with E-state index in [0.717, 1.165) is 11.1 Å². The van der Waals surface area contributed by atoms with Gasteiger partial charge in [0.1, 0.15) is 43.0 Å². The molecule has 4 N–H and O–H groups in total. The summed E-state index contributed by atoms with van der Waals surface area (Å²) < 4.78 is 10.8. The Bertz CT molecular complexity index is 639. The van der Waals surface area contributed by atoms with Gasteiger partial charge in [-0.3, -0.25) is 0 Å². The van der Waals surface area contributed by atoms with E-state index >= 15 is 0 Å². The average Bonchev–Trinajstić information content (AvgIpc) is 2.72. The third kappa shape index (κ3) is 6.48. The summed E-state index contributed by atoms with van der Waals surface area (Å²) in [4.78, 5) is 0. The Kier molecular flexibility index (Phi) is 8.47. The highest BCUT2D eigenvalue weighted by Gasteiger charge is 2.14. The zero-order valence-corrected chi connectivity index (χ0v) is 15.4. The number of aliphatic hydroxyl groups excluding tert-OH is 3. The second-order valence-electron chi connectivity index (χ2n) is 5.94. The minimum atomic E-state index is -0.924. The van der Waals surface area contributed by atoms with Gasteiger partial charge in [0.2, 0.25) is 0 Å². The van der Waals surface area contributed by atoms with Crippen LogP contribution in [0, 0.1) is 5.53 Å². The molecule has 7 nitrogen and oxygen atoms in total. The van der Waals surface area contributed by atoms with Crippen LogP contribution in [0.15, 0.2) is 53.6 Å². The quantitative estimate of drug-likeness (QED) is 0.345. The number of nitrogens with zero attached hydrogens (tertiary/aromatic N) is 1. The minimum absolute atomic E-state index is 0.00196. The first kappa shape index (κ1) is 21.1. The molecule has 0 radical (unpaired) electrons. The number of nitrogens with one attached hydrogen (secondary N) is 1. The van der Waals surface area contributed by atoms with Gasteiger partial charge in [-0.25, -0.2) is 5.53 Å². The zero-order chi connectivity index (χ0) is 19.6. The number of benzene rings is 2. The van der Waals surface area contributed by atoms with Crippen molar-refractivity contribution in [2.45, 2.75) is 18.2 Å². The van der Waals surface area contributed by atoms with E-state index in [9.17, 15) is 10.2 Å². The third-order valence-electron chi connectivity index (χ3n) is 3.79. The number of ether oxygens (including phenoxy) is 2. The van der Waals surface area contributed by atoms with Gasteiger partial charge >= 0.3 is 0 Å². The summed E-state index contributed by atoms with van der Waals surface area (Å²) in [5, 5.41) is 31.2. The third-order valence-corrected chi connectivity index (χ3v) is 4.15. The van der Waals surface area contributed by atoms with Crippen LogP contribution in [0.2, 0.25) is 0 Å². The van der Waals surface area contributed by atoms with Crippen molar-refractivity contribution in [3.05, 3.63) is 59.7 Å². The molecule has 2 aromatic carbocycles. The SMILES string of the molecule is N=NC(c1ccc(OC[C@@H](O)CO)cc1)c1ccc(OC[C@@H](O)CCl)cc1. The molecule has 0 saturated carbocycles. The van der Waals surface area contributed by atoms with Crippen LogP contribution in [0.25, 0.3) is 0 Å². The smallest absolute Gasteiger partial charge is 0.121 e. The molecule has 0 spiro atoms. The van der Waals surface area contributed by atoms with Crippen molar-refractivity contribution in [2.75, 3.05) is 25.7 Å². The lowest BCUT2D eigenvalue weighted by atomic mass is 9.99. The average molecular weight is 395 g/mol. The van der Waals surface area contributed by atoms with E-state index < -0.39 is 18.2 Å². The van der Waals surface area contributed by atoms with Gasteiger partial charge in [0.15, 0.2) is 0 Å². The van der Waals surface area contributed by atoms with Crippen LogP contribution in [-0.2, 0) is 0 Å². The van der Waals surface area contributed by atoms with Gasteiger partial charge in [-0.15, -0.1) is 11.6 Å². The molecule has 0 aliphatic rings. The molecule has 0 bridgehead atoms. The maximum Gasteiger partial charge on any atom is 0.121 e. The number of halogens is 1. The summed E-state index contributed by atoms with van der Waals surface area (Å²) in [6.45, 7) is -0.244. The van der Waals surface area contributed by atoms with Gasteiger partial charge < -0.3 is 24.8 Å². The fourth-order valence-corrected chi connectivity index (χ4v) is 2.41. The van der Waals surface area contributed by atoms with Crippen LogP contribution in [0.1, 0.15) is 17.2 Å². The van der Waals surface area contributed by atoms with Crippen molar-refractivity contribution in [1.29, 1.82) is 5.53 Å². The monoisotopic (exact) mass is 394 g/mol. The molecule has 8 heteroatoms. The molecule has 1 unspecified atom stereocenters. The molecular formula is C19H23ClN2O5. The highest BCUT2D eigenvalue weighted by atomic mass is 35.5. The summed E-state index contributed by atoms with van der Waals surface area (Å²) >= 11 is 5.53. The molecule has 146 valence electrons. The summed E-state index contributed by atoms with van der Waals surface area (Å²) in [5.41, 5.74) is 9.15. The molecule has 0 aliphatic carbocycles. The van der Waals surface area contributed by atoms with Crippen LogP contribution in [0.5, 0.6) is 11.5 Å². The second kappa shape index (κ2) is 10.8. The first-order valence-electron chi connectivity index (χ1n) is 8.42. The Morgan fingerprint density at radius 2 is 1.30 bits per heavy atom. The topological polar surface area (TPSA) is 115 Å². The number of hydrogen-bond acceptors (Lipinski definition) is 7. The highest BCUT2D eigenvalue weighted by Crippen LogP contribution is 2.28. The predicted octanol–water partition coefficient (Wildman–Crippen LogP) is 2.52. The van der Waals surface area contributed by atoms with Gasteiger partial charge in [-0.2, -0.15) is 5.11 Å². The van der Waals surface area contributed by atoms with E-state index in [1.807, 2.05) is 12.1 Å². The van der Waals surface area contributed by atoms with Crippen LogP contribution < -0.4 is 9.47 Å². The molecule has 0 heterocycles. The first-order valence-corrected chi connectivity index (χ1v) is 8.95. The van der Waals surface area contributed by atoms with Crippen LogP contribution in [0.4, 0.5) is 0 Å². The fraction of sp³-hybridized carbons (Fsp3) is 0.368. The maximum atomic E-state index is 9.42. The lowest BCUT2D eigenvalue weighted by Gasteiger charge is -2.15. The largest absolute Gasteiger partial charge is 0.491 e. The molecule has 0 amide bonds. The number of alkyl halides is 1. The molecule has 2 rings (SSSR count). The van der Waals surface area contributed by atoms with Crippen molar-refractivity contribution >= 4 is 11.6 Å². The summed E-state index contributed by atoms with van der Waals surface area (Å²) in [5.74, 6) is 1.26. The number of hydrogen-bond donors (Lipinski definition) is 4. The van der Waals surface area contributed by atoms with Crippen molar-refractivity contribution in [3.8, 4) is 11.5 Å². The van der Waals surface area contributed by atoms with E-state index in [4.69, 9.17) is 31.7 Å². The Hall–Kier alpha value is -2.19. The lowest BCUT2D eigenvalue weighted by Crippen LogP contribution is -2.21. The molecule has 27 heavy (non-hydrogen) atoms. The van der Waals surface area contributed by atoms with Crippen molar-refractivity contribution in [2.24, 2.45) is 5.11 Å². The Morgan fingerprint density at radius 1 is 0.852 bits per heavy atom. The van der Waals surface area contributed by atoms with Crippen molar-refractivity contribution in [3.63, 3.8) is 0 Å². The van der Waals surface area contributed by atoms with E-state index in [1.165, 1.54) is 0 Å². The highest BCUT2D eigenvalue weighted by molar-refractivity contribution is 6.18. The van der Waals surface area contributed by atoms with E-state index in [-0.39, 0.29) is 25.7 Å². The minimum Gasteiger partial charge on any atom is -0.491 e. The van der Waals surface area contributed by atoms with Crippen molar-refractivity contribution < 1.29 is 24.8 Å². The molecule has 3 atom stereocenters. The standard InChI is InChI=1S/C19H23ClN2O5/c20-9-15(24)11-26-17-5-1-13(2-6-17)19(22-21)14-3-7-18(8-4-14)27-12-16(25)10-23/h1-8,15-16,19,21,23-25H,9-12H2/t15-,16-,19?/m0/s1. The molecule has 0 fully saturated rings. The summed E-state index contributed by atoms with van der Waals surface area (Å²) in [6.07, 6.45) is -1.64. The molecule has 0 aliphatic heterocycles. The van der Waals surface area contributed by atoms with Crippen LogP contribution in [-0.4, -0.2) is 53.2 Å². The Morgan fingerprint density at radius 3 is 1.67 bits per heavy atom. The molecule has 0 saturated heterocycles. The zero-order valence-electron chi connectivity index (χ0n) is 14.7. The molecular weight excluding hydrogens is 372 g/mol. The number of rotatable bonds is 11. The Balaban J connectivity index is 2.02. The van der Waals surface area contributed by atoms with E-state index in [0.29, 0.717) is 11.5 Å². The first-order chi connectivity index (χ1) is 13.1. The van der Waals surface area contributed by atoms with E-state index in [1.54, 1.807) is 36.4 Å². The van der Waals surface area contributed by atoms with Gasteiger partial charge in [0, 0.05) is 0 Å². The maximum absolute atomic E-state index is 9.42. The summed E-state index contributed by atoms with van der Waals surface area (Å²) in [7, 11) is 0. The van der Waals surface area contributed by atoms with Crippen LogP contribution in [0.3, 0.4) is 0 Å². The number of aliphatic hydroxyl groups is 3. The van der Waals surface area contributed by atoms with Gasteiger partial charge in [-0.05, 0) is 35.4 Å². The van der Waals surface area contributed by atoms with Gasteiger partial charge in [-0.1, -0.05) is 24.3 Å². The van der Waals surface area contributed by atoms with Gasteiger partial charge in [0.05, 0.1) is 12.5 Å². The molecule has 2 aromatic rings. The normalized spacial score (nSPS) is 14.2. The predicted molar refractivity (Wildman–Crippen MR) is 101 cm³/mol. The Labute approximate surface area is 162 Å². The van der Waals surface area contributed by atoms with E-state index in [2.05, 4.69) is 5.11 Å². The summed E-state index contributed by atoms with van der Waals surface area (Å²) in [6, 6.07) is 13.7. The lowest BCUT2D eigenvalue weighted by molar-refractivity contribution is 0.0536. The van der Waals surface area contributed by atoms with Crippen LogP contribution >= 0.6 is 11.6 Å². The van der Waals surface area contributed by atoms with Gasteiger partial charge in [0.25, 0.3) is 0 Å². The van der Waals surface area contributed by atoms with Crippen molar-refractivity contribution in [1.82, 2.24) is 0 Å². The molecule has 0 aromatic heterocycles. The second-order valence-corrected chi connectivity index (χ2v) is 6.24. The fourth-order valence-electron chi connectivity index (χ4n) is 2.32.